The number of hydrogen-bond acceptors (Lipinski definition) is 12. The third-order valence-electron chi connectivity index (χ3n) is 11.8. The highest BCUT2D eigenvalue weighted by Crippen LogP contribution is 2.37. The van der Waals surface area contributed by atoms with Crippen molar-refractivity contribution in [2.75, 3.05) is 60.9 Å². The summed E-state index contributed by atoms with van der Waals surface area (Å²) in [5.41, 5.74) is 3.97. The van der Waals surface area contributed by atoms with Crippen molar-refractivity contribution in [3.63, 3.8) is 0 Å². The van der Waals surface area contributed by atoms with E-state index < -0.39 is 23.8 Å². The third-order valence-corrected chi connectivity index (χ3v) is 11.8. The van der Waals surface area contributed by atoms with E-state index in [1.54, 1.807) is 18.2 Å². The van der Waals surface area contributed by atoms with Crippen LogP contribution in [0.25, 0.3) is 11.3 Å². The van der Waals surface area contributed by atoms with Crippen LogP contribution in [0.1, 0.15) is 59.2 Å². The van der Waals surface area contributed by atoms with Gasteiger partial charge in [-0.05, 0) is 74.4 Å². The van der Waals surface area contributed by atoms with E-state index in [0.717, 1.165) is 80.7 Å². The Morgan fingerprint density at radius 2 is 1.65 bits per heavy atom. The molecule has 270 valence electrons. The SMILES string of the molecule is O=C1CCC(N2C(=O)c3ccc(N4CCC(NC5CC(CN6CCN7c8cc(-c9ccccc9O)nnc8NCC7C6)C5)CC4)cc3C2=O)C(=O)N1. The largest absolute Gasteiger partial charge is 0.507 e. The van der Waals surface area contributed by atoms with Crippen LogP contribution >= 0.6 is 0 Å². The molecule has 2 unspecified atom stereocenters. The molecule has 52 heavy (non-hydrogen) atoms. The molecule has 0 radical (unpaired) electrons. The van der Waals surface area contributed by atoms with E-state index in [0.29, 0.717) is 46.4 Å². The van der Waals surface area contributed by atoms with Gasteiger partial charge in [-0.1, -0.05) is 12.1 Å². The smallest absolute Gasteiger partial charge is 0.262 e. The molecule has 1 aromatic heterocycles. The molecule has 4 fully saturated rings. The van der Waals surface area contributed by atoms with Crippen LogP contribution in [-0.2, 0) is 9.59 Å². The predicted molar refractivity (Wildman–Crippen MR) is 193 cm³/mol. The zero-order valence-electron chi connectivity index (χ0n) is 29.0. The van der Waals surface area contributed by atoms with E-state index >= 15 is 0 Å². The van der Waals surface area contributed by atoms with Crippen molar-refractivity contribution in [1.29, 1.82) is 0 Å². The van der Waals surface area contributed by atoms with E-state index in [1.807, 2.05) is 30.3 Å². The van der Waals surface area contributed by atoms with Gasteiger partial charge in [0.25, 0.3) is 11.8 Å². The summed E-state index contributed by atoms with van der Waals surface area (Å²) in [6, 6.07) is 15.1. The lowest BCUT2D eigenvalue weighted by Crippen LogP contribution is -2.59. The van der Waals surface area contributed by atoms with Crippen molar-refractivity contribution in [1.82, 2.24) is 30.6 Å². The van der Waals surface area contributed by atoms with Crippen LogP contribution in [0.4, 0.5) is 17.2 Å². The molecule has 1 saturated carbocycles. The first-order chi connectivity index (χ1) is 25.3. The fraction of sp³-hybridized carbons (Fsp3) is 0.474. The van der Waals surface area contributed by atoms with Crippen molar-refractivity contribution in [2.45, 2.75) is 62.7 Å². The Balaban J connectivity index is 0.736. The fourth-order valence-corrected chi connectivity index (χ4v) is 9.02. The number of carbonyl (C=O) groups is 4. The van der Waals surface area contributed by atoms with Crippen LogP contribution < -0.4 is 25.8 Å². The Labute approximate surface area is 301 Å². The van der Waals surface area contributed by atoms with Crippen LogP contribution in [0.3, 0.4) is 0 Å². The minimum absolute atomic E-state index is 0.104. The molecule has 1 aliphatic carbocycles. The topological polar surface area (TPSA) is 163 Å². The number of amides is 4. The van der Waals surface area contributed by atoms with Gasteiger partial charge >= 0.3 is 0 Å². The fourth-order valence-electron chi connectivity index (χ4n) is 9.02. The summed E-state index contributed by atoms with van der Waals surface area (Å²) in [5, 5.41) is 28.8. The predicted octanol–water partition coefficient (Wildman–Crippen LogP) is 2.20. The number of aromatic hydroxyl groups is 1. The number of piperazine rings is 1. The molecular formula is C38H43N9O5. The number of nitrogens with one attached hydrogen (secondary N) is 3. The Morgan fingerprint density at radius 3 is 2.46 bits per heavy atom. The normalized spacial score (nSPS) is 26.3. The zero-order chi connectivity index (χ0) is 35.5. The molecule has 6 aliphatic rings. The molecule has 4 amide bonds. The number of carbonyl (C=O) groups excluding carboxylic acids is 4. The maximum atomic E-state index is 13.3. The lowest BCUT2D eigenvalue weighted by atomic mass is 9.79. The Hall–Kier alpha value is -5.08. The number of benzene rings is 2. The summed E-state index contributed by atoms with van der Waals surface area (Å²) in [6.07, 6.45) is 4.64. The Morgan fingerprint density at radius 1 is 0.846 bits per heavy atom. The van der Waals surface area contributed by atoms with Gasteiger partial charge in [0, 0.05) is 75.6 Å². The van der Waals surface area contributed by atoms with Crippen molar-refractivity contribution in [3.8, 4) is 17.0 Å². The first-order valence-electron chi connectivity index (χ1n) is 18.5. The molecule has 14 heteroatoms. The number of nitrogens with zero attached hydrogens (tertiary/aromatic N) is 6. The number of rotatable bonds is 7. The van der Waals surface area contributed by atoms with Gasteiger partial charge in [-0.15, -0.1) is 10.2 Å². The van der Waals surface area contributed by atoms with Crippen molar-refractivity contribution < 1.29 is 24.3 Å². The molecular weight excluding hydrogens is 662 g/mol. The van der Waals surface area contributed by atoms with Crippen LogP contribution in [0.2, 0.25) is 0 Å². The highest BCUT2D eigenvalue weighted by molar-refractivity contribution is 6.23. The standard InChI is InChI=1S/C38H43N9O5/c48-33-4-2-1-3-28(33)30-18-32-35(43-42-30)39-19-26-21-44(13-14-46(26)32)20-22-15-24(16-22)40-23-9-11-45(12-10-23)25-5-6-27-29(17-25)38(52)47(37(27)51)31-7-8-34(49)41-36(31)50/h1-6,17-18,22-24,26,31,40,48H,7-16,19-21H2,(H,39,43)(H,41,49,50). The number of anilines is 3. The summed E-state index contributed by atoms with van der Waals surface area (Å²) in [6.45, 7) is 6.61. The summed E-state index contributed by atoms with van der Waals surface area (Å²) in [7, 11) is 0. The minimum Gasteiger partial charge on any atom is -0.507 e. The molecule has 0 spiro atoms. The number of piperidine rings is 2. The molecule has 4 N–H and O–H groups in total. The summed E-state index contributed by atoms with van der Waals surface area (Å²) >= 11 is 0. The molecule has 3 saturated heterocycles. The maximum absolute atomic E-state index is 13.3. The van der Waals surface area contributed by atoms with Crippen LogP contribution in [0.5, 0.6) is 5.75 Å². The van der Waals surface area contributed by atoms with Crippen LogP contribution in [-0.4, -0.2) is 119 Å². The number of imide groups is 2. The number of hydrogen-bond donors (Lipinski definition) is 4. The molecule has 5 aliphatic heterocycles. The van der Waals surface area contributed by atoms with E-state index in [2.05, 4.69) is 40.8 Å². The average Bonchev–Trinajstić information content (AvgIpc) is 3.39. The minimum atomic E-state index is -0.957. The van der Waals surface area contributed by atoms with Gasteiger partial charge in [-0.3, -0.25) is 34.3 Å². The molecule has 14 nitrogen and oxygen atoms in total. The van der Waals surface area contributed by atoms with Gasteiger partial charge in [0.15, 0.2) is 5.82 Å². The highest BCUT2D eigenvalue weighted by atomic mass is 16.3. The summed E-state index contributed by atoms with van der Waals surface area (Å²) in [4.78, 5) is 58.8. The quantitative estimate of drug-likeness (QED) is 0.266. The summed E-state index contributed by atoms with van der Waals surface area (Å²) < 4.78 is 0. The number of fused-ring (bicyclic) bond motifs is 4. The number of para-hydroxylation sites is 1. The lowest BCUT2D eigenvalue weighted by Gasteiger charge is -2.48. The van der Waals surface area contributed by atoms with Gasteiger partial charge in [0.05, 0.1) is 28.6 Å². The van der Waals surface area contributed by atoms with Crippen LogP contribution in [0, 0.1) is 5.92 Å². The van der Waals surface area contributed by atoms with Gasteiger partial charge in [-0.2, -0.15) is 0 Å². The van der Waals surface area contributed by atoms with E-state index in [1.165, 1.54) is 12.8 Å². The van der Waals surface area contributed by atoms with Crippen molar-refractivity contribution in [3.05, 3.63) is 59.7 Å². The van der Waals surface area contributed by atoms with Crippen LogP contribution in [0.15, 0.2) is 48.5 Å². The third kappa shape index (κ3) is 5.93. The first-order valence-corrected chi connectivity index (χ1v) is 18.5. The molecule has 0 bridgehead atoms. The van der Waals surface area contributed by atoms with Gasteiger partial charge in [0.2, 0.25) is 11.8 Å². The summed E-state index contributed by atoms with van der Waals surface area (Å²) in [5.74, 6) is -0.217. The molecule has 3 aromatic rings. The first kappa shape index (κ1) is 32.8. The lowest BCUT2D eigenvalue weighted by molar-refractivity contribution is -0.136. The number of phenolic OH excluding ortho intramolecular Hbond substituents is 1. The monoisotopic (exact) mass is 705 g/mol. The second kappa shape index (κ2) is 13.2. The maximum Gasteiger partial charge on any atom is 0.262 e. The van der Waals surface area contributed by atoms with Gasteiger partial charge in [0.1, 0.15) is 11.8 Å². The molecule has 2 aromatic carbocycles. The average molecular weight is 706 g/mol. The molecule has 9 rings (SSSR count). The van der Waals surface area contributed by atoms with E-state index in [-0.39, 0.29) is 24.5 Å². The Bertz CT molecular complexity index is 1940. The molecule has 2 atom stereocenters. The van der Waals surface area contributed by atoms with E-state index in [4.69, 9.17) is 0 Å². The number of aromatic nitrogens is 2. The van der Waals surface area contributed by atoms with Crippen molar-refractivity contribution in [2.24, 2.45) is 5.92 Å². The van der Waals surface area contributed by atoms with Crippen molar-refractivity contribution >= 4 is 40.8 Å². The molecule has 6 heterocycles. The second-order valence-corrected chi connectivity index (χ2v) is 15.1. The number of phenols is 1. The second-order valence-electron chi connectivity index (χ2n) is 15.1. The highest BCUT2D eigenvalue weighted by Gasteiger charge is 2.45. The Kier molecular flexibility index (Phi) is 8.30. The van der Waals surface area contributed by atoms with Gasteiger partial charge in [-0.25, -0.2) is 0 Å². The van der Waals surface area contributed by atoms with E-state index in [9.17, 15) is 24.3 Å². The zero-order valence-corrected chi connectivity index (χ0v) is 29.0. The van der Waals surface area contributed by atoms with Gasteiger partial charge < -0.3 is 25.5 Å².